The molecule has 6 nitrogen and oxygen atoms in total. The van der Waals surface area contributed by atoms with Crippen molar-refractivity contribution in [3.05, 3.63) is 51.4 Å². The van der Waals surface area contributed by atoms with Gasteiger partial charge in [0, 0.05) is 21.1 Å². The van der Waals surface area contributed by atoms with Gasteiger partial charge in [0.05, 0.1) is 27.7 Å². The zero-order chi connectivity index (χ0) is 23.9. The molecule has 0 radical (unpaired) electrons. The summed E-state index contributed by atoms with van der Waals surface area (Å²) in [6.45, 7) is -0.821. The van der Waals surface area contributed by atoms with E-state index in [4.69, 9.17) is 0 Å². The topological polar surface area (TPSA) is 83.5 Å². The third kappa shape index (κ3) is 5.76. The van der Waals surface area contributed by atoms with E-state index in [2.05, 4.69) is 36.6 Å². The van der Waals surface area contributed by atoms with Gasteiger partial charge in [0.1, 0.15) is 5.00 Å². The Morgan fingerprint density at radius 3 is 2.28 bits per heavy atom. The lowest BCUT2D eigenvalue weighted by Crippen LogP contribution is -2.34. The minimum atomic E-state index is -4.57. The highest BCUT2D eigenvalue weighted by molar-refractivity contribution is 9.11. The predicted molar refractivity (Wildman–Crippen MR) is 127 cm³/mol. The van der Waals surface area contributed by atoms with Crippen molar-refractivity contribution < 1.29 is 30.0 Å². The molecule has 0 amide bonds. The van der Waals surface area contributed by atoms with Gasteiger partial charge in [0.2, 0.25) is 10.0 Å². The third-order valence-electron chi connectivity index (χ3n) is 4.17. The van der Waals surface area contributed by atoms with Crippen LogP contribution in [0.15, 0.2) is 56.3 Å². The number of hydrogen-bond donors (Lipinski definition) is 1. The molecule has 14 heteroatoms. The van der Waals surface area contributed by atoms with Gasteiger partial charge in [0.25, 0.3) is 10.0 Å². The van der Waals surface area contributed by atoms with E-state index >= 15 is 0 Å². The molecule has 0 aliphatic carbocycles. The summed E-state index contributed by atoms with van der Waals surface area (Å²) in [6, 6.07) is 10.5. The molecule has 3 aromatic rings. The van der Waals surface area contributed by atoms with E-state index in [-0.39, 0.29) is 20.1 Å². The lowest BCUT2D eigenvalue weighted by atomic mass is 10.3. The number of halogens is 5. The Labute approximate surface area is 203 Å². The fourth-order valence-corrected chi connectivity index (χ4v) is 8.01. The summed E-state index contributed by atoms with van der Waals surface area (Å²) in [4.78, 5) is -0.296. The van der Waals surface area contributed by atoms with Gasteiger partial charge in [-0.1, -0.05) is 18.2 Å². The van der Waals surface area contributed by atoms with Crippen LogP contribution >= 0.6 is 43.2 Å². The van der Waals surface area contributed by atoms with Crippen LogP contribution in [0.1, 0.15) is 6.42 Å². The lowest BCUT2D eigenvalue weighted by molar-refractivity contribution is -0.131. The molecule has 0 saturated carbocycles. The zero-order valence-corrected chi connectivity index (χ0v) is 21.8. The van der Waals surface area contributed by atoms with Gasteiger partial charge in [0.15, 0.2) is 0 Å². The molecule has 3 rings (SSSR count). The van der Waals surface area contributed by atoms with Crippen molar-refractivity contribution in [2.75, 3.05) is 21.8 Å². The van der Waals surface area contributed by atoms with Crippen LogP contribution < -0.4 is 9.03 Å². The Morgan fingerprint density at radius 2 is 1.72 bits per heavy atom. The summed E-state index contributed by atoms with van der Waals surface area (Å²) in [5.74, 6) is 0. The number of nitrogens with one attached hydrogen (secondary N) is 1. The average molecular weight is 636 g/mol. The fourth-order valence-electron chi connectivity index (χ4n) is 2.79. The second-order valence-electron chi connectivity index (χ2n) is 6.68. The first kappa shape index (κ1) is 25.3. The average Bonchev–Trinajstić information content (AvgIpc) is 2.98. The van der Waals surface area contributed by atoms with Gasteiger partial charge in [-0.05, 0) is 56.1 Å². The Bertz CT molecular complexity index is 1370. The van der Waals surface area contributed by atoms with Gasteiger partial charge in [-0.15, -0.1) is 11.3 Å². The molecule has 1 aromatic heterocycles. The number of sulfonamides is 2. The maximum Gasteiger partial charge on any atom is 0.390 e. The first-order chi connectivity index (χ1) is 14.7. The van der Waals surface area contributed by atoms with E-state index in [1.165, 1.54) is 6.07 Å². The van der Waals surface area contributed by atoms with Crippen LogP contribution in [0.2, 0.25) is 0 Å². The smallest absolute Gasteiger partial charge is 0.283 e. The number of rotatable bonds is 7. The molecule has 1 N–H and O–H groups in total. The SMILES string of the molecule is CS(=O)(=O)Nc1ccc(S(=O)(=O)N(CCC(F)(F)F)c2sc3ccccc3c2Br)cc1Br. The van der Waals surface area contributed by atoms with Crippen LogP contribution in [-0.4, -0.2) is 35.8 Å². The monoisotopic (exact) mass is 634 g/mol. The van der Waals surface area contributed by atoms with E-state index < -0.39 is 39.2 Å². The van der Waals surface area contributed by atoms with Gasteiger partial charge in [-0.2, -0.15) is 13.2 Å². The Balaban J connectivity index is 2.11. The summed E-state index contributed by atoms with van der Waals surface area (Å²) in [5.41, 5.74) is 0.0938. The highest BCUT2D eigenvalue weighted by Crippen LogP contribution is 2.44. The largest absolute Gasteiger partial charge is 0.390 e. The van der Waals surface area contributed by atoms with Crippen LogP contribution in [0.5, 0.6) is 0 Å². The van der Waals surface area contributed by atoms with Gasteiger partial charge in [-0.25, -0.2) is 16.8 Å². The summed E-state index contributed by atoms with van der Waals surface area (Å²) in [7, 11) is -8.05. The molecule has 174 valence electrons. The van der Waals surface area contributed by atoms with Crippen molar-refractivity contribution in [2.45, 2.75) is 17.5 Å². The molecule has 32 heavy (non-hydrogen) atoms. The van der Waals surface area contributed by atoms with Crippen molar-refractivity contribution in [1.29, 1.82) is 0 Å². The standard InChI is InChI=1S/C18H15Br2F3N2O4S3/c1-31(26,27)24-14-7-6-11(10-13(14)19)32(28,29)25(9-8-18(21,22)23)17-16(20)12-4-2-3-5-15(12)30-17/h2-7,10,24H,8-9H2,1H3. The molecule has 0 atom stereocenters. The highest BCUT2D eigenvalue weighted by atomic mass is 79.9. The molecule has 2 aromatic carbocycles. The Morgan fingerprint density at radius 1 is 1.06 bits per heavy atom. The van der Waals surface area contributed by atoms with Gasteiger partial charge < -0.3 is 0 Å². The zero-order valence-electron chi connectivity index (χ0n) is 16.2. The van der Waals surface area contributed by atoms with Gasteiger partial charge in [-0.3, -0.25) is 9.03 Å². The predicted octanol–water partition coefficient (Wildman–Crippen LogP) is 5.95. The van der Waals surface area contributed by atoms with Crippen molar-refractivity contribution in [3.63, 3.8) is 0 Å². The molecule has 0 aliphatic heterocycles. The van der Waals surface area contributed by atoms with Crippen LogP contribution in [-0.2, 0) is 20.0 Å². The van der Waals surface area contributed by atoms with Crippen molar-refractivity contribution in [1.82, 2.24) is 0 Å². The summed E-state index contributed by atoms with van der Waals surface area (Å²) in [6.07, 6.45) is -4.98. The molecule has 0 bridgehead atoms. The molecule has 1 heterocycles. The highest BCUT2D eigenvalue weighted by Gasteiger charge is 2.34. The molecule has 0 saturated heterocycles. The number of fused-ring (bicyclic) bond motifs is 1. The van der Waals surface area contributed by atoms with Crippen molar-refractivity contribution >= 4 is 84.0 Å². The number of hydrogen-bond acceptors (Lipinski definition) is 5. The molecule has 0 aliphatic rings. The van der Waals surface area contributed by atoms with Crippen molar-refractivity contribution in [2.24, 2.45) is 0 Å². The Kier molecular flexibility index (Phi) is 7.21. The van der Waals surface area contributed by atoms with Crippen LogP contribution in [0, 0.1) is 0 Å². The second-order valence-corrected chi connectivity index (χ2v) is 13.0. The second kappa shape index (κ2) is 9.12. The number of alkyl halides is 3. The third-order valence-corrected chi connectivity index (χ3v) is 9.58. The first-order valence-corrected chi connectivity index (χ1v) is 14.5. The first-order valence-electron chi connectivity index (χ1n) is 8.73. The normalized spacial score (nSPS) is 12.8. The Hall–Kier alpha value is -1.35. The quantitative estimate of drug-likeness (QED) is 0.348. The number of anilines is 2. The van der Waals surface area contributed by atoms with Crippen LogP contribution in [0.3, 0.4) is 0 Å². The minimum Gasteiger partial charge on any atom is -0.283 e. The van der Waals surface area contributed by atoms with Crippen LogP contribution in [0.25, 0.3) is 10.1 Å². The summed E-state index contributed by atoms with van der Waals surface area (Å²) >= 11 is 7.50. The number of nitrogens with zero attached hydrogens (tertiary/aromatic N) is 1. The van der Waals surface area contributed by atoms with E-state index in [1.807, 2.05) is 0 Å². The maximum absolute atomic E-state index is 13.4. The number of benzene rings is 2. The minimum absolute atomic E-state index is 0.0938. The van der Waals surface area contributed by atoms with E-state index in [1.54, 1.807) is 24.3 Å². The van der Waals surface area contributed by atoms with Crippen LogP contribution in [0.4, 0.5) is 23.9 Å². The molecular weight excluding hydrogens is 621 g/mol. The lowest BCUT2D eigenvalue weighted by Gasteiger charge is -2.24. The summed E-state index contributed by atoms with van der Waals surface area (Å²) in [5, 5.41) is 0.790. The molecule has 0 spiro atoms. The van der Waals surface area contributed by atoms with E-state index in [0.29, 0.717) is 14.6 Å². The fraction of sp³-hybridized carbons (Fsp3) is 0.222. The maximum atomic E-state index is 13.4. The molecule has 0 unspecified atom stereocenters. The van der Waals surface area contributed by atoms with E-state index in [9.17, 15) is 30.0 Å². The molecule has 0 fully saturated rings. The number of thiophene rings is 1. The van der Waals surface area contributed by atoms with Crippen molar-refractivity contribution in [3.8, 4) is 0 Å². The summed E-state index contributed by atoms with van der Waals surface area (Å²) < 4.78 is 92.9. The van der Waals surface area contributed by atoms with E-state index in [0.717, 1.165) is 34.0 Å². The molecular formula is C18H15Br2F3N2O4S3. The van der Waals surface area contributed by atoms with Gasteiger partial charge >= 0.3 is 6.18 Å².